The van der Waals surface area contributed by atoms with Gasteiger partial charge in [0.25, 0.3) is 0 Å². The summed E-state index contributed by atoms with van der Waals surface area (Å²) in [6.07, 6.45) is 9.62. The van der Waals surface area contributed by atoms with E-state index in [1.54, 1.807) is 11.1 Å². The number of methoxy groups -OCH3 is 1. The molecule has 9 heteroatoms. The Balaban J connectivity index is 1.48. The van der Waals surface area contributed by atoms with Gasteiger partial charge in [0.1, 0.15) is 11.9 Å². The zero-order chi connectivity index (χ0) is 27.9. The SMILES string of the molecule is C#CN/C(=C\N)c1ccc(-c2ccc(-c3cnc(C4CCCN4C(=O)[C@@H](NC(=O)OC)C(C)C)[nH]3)cc2)cc1. The number of hydrogen-bond donors (Lipinski definition) is 4. The number of amides is 2. The Morgan fingerprint density at radius 2 is 1.79 bits per heavy atom. The molecular weight excluding hydrogens is 492 g/mol. The number of nitrogens with zero attached hydrogens (tertiary/aromatic N) is 2. The number of terminal acetylenes is 1. The second-order valence-electron chi connectivity index (χ2n) is 9.73. The van der Waals surface area contributed by atoms with Crippen LogP contribution in [0.4, 0.5) is 4.79 Å². The number of nitrogens with one attached hydrogen (secondary N) is 3. The molecular formula is C30H34N6O3. The normalized spacial score (nSPS) is 16.0. The number of nitrogens with two attached hydrogens (primary N) is 1. The number of alkyl carbamates (subject to hydrolysis) is 1. The van der Waals surface area contributed by atoms with Gasteiger partial charge in [0.2, 0.25) is 5.91 Å². The first-order valence-electron chi connectivity index (χ1n) is 12.9. The molecule has 2 amide bonds. The Morgan fingerprint density at radius 1 is 1.15 bits per heavy atom. The number of aromatic amines is 1. The maximum Gasteiger partial charge on any atom is 0.407 e. The largest absolute Gasteiger partial charge is 0.453 e. The van der Waals surface area contributed by atoms with E-state index in [0.29, 0.717) is 12.2 Å². The van der Waals surface area contributed by atoms with E-state index in [4.69, 9.17) is 16.9 Å². The predicted molar refractivity (Wildman–Crippen MR) is 151 cm³/mol. The third-order valence-electron chi connectivity index (χ3n) is 6.94. The van der Waals surface area contributed by atoms with Crippen molar-refractivity contribution in [3.05, 3.63) is 72.3 Å². The number of benzene rings is 2. The zero-order valence-electron chi connectivity index (χ0n) is 22.4. The molecule has 1 fully saturated rings. The Kier molecular flexibility index (Phi) is 8.56. The smallest absolute Gasteiger partial charge is 0.407 e. The summed E-state index contributed by atoms with van der Waals surface area (Å²) in [5.74, 6) is 0.523. The molecule has 0 radical (unpaired) electrons. The molecule has 1 aliphatic rings. The minimum atomic E-state index is -0.666. The molecule has 2 atom stereocenters. The molecule has 0 spiro atoms. The molecule has 1 aliphatic heterocycles. The number of ether oxygens (including phenoxy) is 1. The average molecular weight is 527 g/mol. The third-order valence-corrected chi connectivity index (χ3v) is 6.94. The van der Waals surface area contributed by atoms with Crippen molar-refractivity contribution < 1.29 is 14.3 Å². The van der Waals surface area contributed by atoms with Crippen LogP contribution in [0.15, 0.2) is 60.9 Å². The summed E-state index contributed by atoms with van der Waals surface area (Å²) in [5.41, 5.74) is 11.2. The van der Waals surface area contributed by atoms with E-state index < -0.39 is 12.1 Å². The van der Waals surface area contributed by atoms with Crippen LogP contribution in [0.3, 0.4) is 0 Å². The first-order valence-corrected chi connectivity index (χ1v) is 12.9. The van der Waals surface area contributed by atoms with E-state index in [-0.39, 0.29) is 17.9 Å². The van der Waals surface area contributed by atoms with E-state index in [1.165, 1.54) is 13.3 Å². The number of aromatic nitrogens is 2. The van der Waals surface area contributed by atoms with Crippen LogP contribution in [-0.4, -0.2) is 46.6 Å². The lowest BCUT2D eigenvalue weighted by atomic mass is 10.0. The molecule has 0 saturated carbocycles. The summed E-state index contributed by atoms with van der Waals surface area (Å²) in [5, 5.41) is 5.48. The number of carbonyl (C=O) groups excluding carboxylic acids is 2. The molecule has 1 saturated heterocycles. The first kappa shape index (κ1) is 27.3. The van der Waals surface area contributed by atoms with Crippen molar-refractivity contribution in [1.82, 2.24) is 25.5 Å². The molecule has 2 aromatic carbocycles. The fourth-order valence-electron chi connectivity index (χ4n) is 4.82. The van der Waals surface area contributed by atoms with Gasteiger partial charge in [0.15, 0.2) is 0 Å². The number of hydrogen-bond acceptors (Lipinski definition) is 6. The van der Waals surface area contributed by atoms with Crippen molar-refractivity contribution in [1.29, 1.82) is 0 Å². The van der Waals surface area contributed by atoms with Gasteiger partial charge in [0.05, 0.1) is 30.7 Å². The Hall–Kier alpha value is -4.71. The number of rotatable bonds is 8. The van der Waals surface area contributed by atoms with E-state index in [0.717, 1.165) is 46.6 Å². The molecule has 5 N–H and O–H groups in total. The minimum Gasteiger partial charge on any atom is -0.453 e. The van der Waals surface area contributed by atoms with Crippen LogP contribution >= 0.6 is 0 Å². The molecule has 9 nitrogen and oxygen atoms in total. The third kappa shape index (κ3) is 6.07. The van der Waals surface area contributed by atoms with Gasteiger partial charge in [-0.25, -0.2) is 9.78 Å². The fourth-order valence-corrected chi connectivity index (χ4v) is 4.82. The highest BCUT2D eigenvalue weighted by atomic mass is 16.5. The zero-order valence-corrected chi connectivity index (χ0v) is 22.4. The standard InChI is InChI=1S/C30H34N6O3/c1-5-32-24(17-31)22-12-8-20(9-13-22)21-10-14-23(15-11-21)25-18-33-28(34-25)26-7-6-16-36(26)29(37)27(19(2)3)35-30(38)39-4/h1,8-15,17-19,26-27,32H,6-7,16,31H2,2-4H3,(H,33,34)(H,35,38)/b24-17-/t26?,27-/m0/s1. The van der Waals surface area contributed by atoms with Crippen LogP contribution < -0.4 is 16.4 Å². The minimum absolute atomic E-state index is 0.0847. The maximum atomic E-state index is 13.4. The van der Waals surface area contributed by atoms with Crippen molar-refractivity contribution in [3.63, 3.8) is 0 Å². The summed E-state index contributed by atoms with van der Waals surface area (Å²) in [7, 11) is 1.29. The van der Waals surface area contributed by atoms with Gasteiger partial charge < -0.3 is 31.0 Å². The average Bonchev–Trinajstić information content (AvgIpc) is 3.64. The number of likely N-dealkylation sites (tertiary alicyclic amines) is 1. The van der Waals surface area contributed by atoms with Crippen LogP contribution in [-0.2, 0) is 9.53 Å². The topological polar surface area (TPSA) is 125 Å². The molecule has 4 rings (SSSR count). The van der Waals surface area contributed by atoms with Crippen molar-refractivity contribution in [2.45, 2.75) is 38.8 Å². The molecule has 202 valence electrons. The molecule has 2 heterocycles. The molecule has 1 aromatic heterocycles. The Labute approximate surface area is 228 Å². The van der Waals surface area contributed by atoms with E-state index in [2.05, 4.69) is 38.8 Å². The maximum absolute atomic E-state index is 13.4. The van der Waals surface area contributed by atoms with Crippen LogP contribution in [0, 0.1) is 18.4 Å². The van der Waals surface area contributed by atoms with E-state index >= 15 is 0 Å². The lowest BCUT2D eigenvalue weighted by Crippen LogP contribution is -2.51. The summed E-state index contributed by atoms with van der Waals surface area (Å²) in [6.45, 7) is 4.41. The molecule has 39 heavy (non-hydrogen) atoms. The van der Waals surface area contributed by atoms with Gasteiger partial charge in [-0.15, -0.1) is 0 Å². The van der Waals surface area contributed by atoms with Gasteiger partial charge in [-0.2, -0.15) is 0 Å². The highest BCUT2D eigenvalue weighted by Gasteiger charge is 2.37. The summed E-state index contributed by atoms with van der Waals surface area (Å²) in [6, 6.07) is 17.7. The predicted octanol–water partition coefficient (Wildman–Crippen LogP) is 4.23. The van der Waals surface area contributed by atoms with Crippen molar-refractivity contribution in [2.24, 2.45) is 11.7 Å². The highest BCUT2D eigenvalue weighted by molar-refractivity contribution is 5.86. The molecule has 0 aliphatic carbocycles. The molecule has 1 unspecified atom stereocenters. The number of carbonyl (C=O) groups is 2. The highest BCUT2D eigenvalue weighted by Crippen LogP contribution is 2.33. The monoisotopic (exact) mass is 526 g/mol. The Morgan fingerprint density at radius 3 is 2.38 bits per heavy atom. The van der Waals surface area contributed by atoms with Crippen molar-refractivity contribution >= 4 is 17.7 Å². The van der Waals surface area contributed by atoms with Gasteiger partial charge in [-0.1, -0.05) is 68.8 Å². The molecule has 3 aromatic rings. The molecule has 0 bridgehead atoms. The summed E-state index contributed by atoms with van der Waals surface area (Å²) in [4.78, 5) is 35.0. The number of H-pyrrole nitrogens is 1. The van der Waals surface area contributed by atoms with Crippen LogP contribution in [0.5, 0.6) is 0 Å². The van der Waals surface area contributed by atoms with Gasteiger partial charge in [0, 0.05) is 24.4 Å². The summed E-state index contributed by atoms with van der Waals surface area (Å²) >= 11 is 0. The first-order chi connectivity index (χ1) is 18.9. The second-order valence-corrected chi connectivity index (χ2v) is 9.73. The van der Waals surface area contributed by atoms with Crippen LogP contribution in [0.1, 0.15) is 44.1 Å². The summed E-state index contributed by atoms with van der Waals surface area (Å²) < 4.78 is 4.72. The van der Waals surface area contributed by atoms with Crippen molar-refractivity contribution in [3.8, 4) is 34.9 Å². The van der Waals surface area contributed by atoms with Gasteiger partial charge in [-0.05, 0) is 35.4 Å². The van der Waals surface area contributed by atoms with Crippen LogP contribution in [0.25, 0.3) is 28.1 Å². The quantitative estimate of drug-likeness (QED) is 0.257. The van der Waals surface area contributed by atoms with E-state index in [9.17, 15) is 9.59 Å². The van der Waals surface area contributed by atoms with Crippen LogP contribution in [0.2, 0.25) is 0 Å². The fraction of sp³-hybridized carbons (Fsp3) is 0.300. The van der Waals surface area contributed by atoms with Crippen molar-refractivity contribution in [2.75, 3.05) is 13.7 Å². The lowest BCUT2D eigenvalue weighted by Gasteiger charge is -2.30. The Bertz CT molecular complexity index is 1370. The number of imidazole rings is 1. The van der Waals surface area contributed by atoms with Gasteiger partial charge in [-0.3, -0.25) is 4.79 Å². The van der Waals surface area contributed by atoms with E-state index in [1.807, 2.05) is 50.2 Å². The second kappa shape index (κ2) is 12.2. The lowest BCUT2D eigenvalue weighted by molar-refractivity contribution is -0.135. The van der Waals surface area contributed by atoms with Gasteiger partial charge >= 0.3 is 6.09 Å².